The summed E-state index contributed by atoms with van der Waals surface area (Å²) in [6.07, 6.45) is 15.6. The molecule has 28 heavy (non-hydrogen) atoms. The van der Waals surface area contributed by atoms with Gasteiger partial charge in [-0.05, 0) is 0 Å². The Bertz CT molecular complexity index is 566. The van der Waals surface area contributed by atoms with Gasteiger partial charge in [0.2, 0.25) is 0 Å². The molecule has 0 atom stereocenters. The van der Waals surface area contributed by atoms with E-state index in [1.54, 1.807) is 3.59 Å². The average molecular weight is 487 g/mol. The van der Waals surface area contributed by atoms with E-state index in [2.05, 4.69) is 75.9 Å². The van der Waals surface area contributed by atoms with Gasteiger partial charge < -0.3 is 0 Å². The molecule has 1 heteroatoms. The molecule has 0 aromatic heterocycles. The summed E-state index contributed by atoms with van der Waals surface area (Å²) >= 11 is -2.48. The van der Waals surface area contributed by atoms with Crippen LogP contribution < -0.4 is 0 Å². The first-order valence-electron chi connectivity index (χ1n) is 12.0. The van der Waals surface area contributed by atoms with E-state index in [9.17, 15) is 0 Å². The van der Waals surface area contributed by atoms with Gasteiger partial charge in [-0.3, -0.25) is 0 Å². The second-order valence-electron chi connectivity index (χ2n) is 8.32. The van der Waals surface area contributed by atoms with Crippen LogP contribution in [0.5, 0.6) is 0 Å². The van der Waals surface area contributed by atoms with Gasteiger partial charge in [0.1, 0.15) is 0 Å². The minimum atomic E-state index is -2.48. The Morgan fingerprint density at radius 3 is 1.79 bits per heavy atom. The molecule has 0 nitrogen and oxygen atoms in total. The minimum absolute atomic E-state index is 1.07. The summed E-state index contributed by atoms with van der Waals surface area (Å²) in [6.45, 7) is 9.34. The Hall–Kier alpha value is -0.681. The molecule has 1 aromatic rings. The Morgan fingerprint density at radius 1 is 0.750 bits per heavy atom. The fourth-order valence-corrected chi connectivity index (χ4v) is 19.6. The molecule has 156 valence electrons. The van der Waals surface area contributed by atoms with Crippen LogP contribution in [0.15, 0.2) is 33.9 Å². The Balaban J connectivity index is 3.29. The number of benzene rings is 1. The molecule has 0 amide bonds. The van der Waals surface area contributed by atoms with Gasteiger partial charge in [-0.15, -0.1) is 0 Å². The van der Waals surface area contributed by atoms with Crippen LogP contribution in [-0.2, 0) is 0 Å². The van der Waals surface area contributed by atoms with E-state index in [0.717, 1.165) is 6.42 Å². The van der Waals surface area contributed by atoms with Gasteiger partial charge in [-0.1, -0.05) is 0 Å². The number of allylic oxidation sites excluding steroid dienone is 1. The van der Waals surface area contributed by atoms with Crippen molar-refractivity contribution in [3.63, 3.8) is 0 Å². The number of unbranched alkanes of at least 4 members (excludes halogenated alkanes) is 6. The number of rotatable bonds is 14. The van der Waals surface area contributed by atoms with Gasteiger partial charge in [0.15, 0.2) is 0 Å². The first kappa shape index (κ1) is 25.4. The molecule has 0 saturated carbocycles. The van der Waals surface area contributed by atoms with E-state index in [1.807, 2.05) is 0 Å². The van der Waals surface area contributed by atoms with Crippen molar-refractivity contribution in [3.8, 4) is 11.8 Å². The summed E-state index contributed by atoms with van der Waals surface area (Å²) in [5, 5.41) is 0. The molecule has 0 N–H and O–H groups in total. The van der Waals surface area contributed by atoms with Crippen LogP contribution in [0.3, 0.4) is 0 Å². The maximum absolute atomic E-state index is 3.80. The molecule has 1 rings (SSSR count). The van der Waals surface area contributed by atoms with Gasteiger partial charge in [-0.2, -0.15) is 0 Å². The fourth-order valence-electron chi connectivity index (χ4n) is 3.98. The van der Waals surface area contributed by atoms with Crippen LogP contribution in [0.25, 0.3) is 6.08 Å². The van der Waals surface area contributed by atoms with E-state index >= 15 is 0 Å². The van der Waals surface area contributed by atoms with E-state index < -0.39 is 18.4 Å². The first-order valence-corrected chi connectivity index (χ1v) is 19.5. The van der Waals surface area contributed by atoms with Crippen molar-refractivity contribution in [2.24, 2.45) is 0 Å². The van der Waals surface area contributed by atoms with Gasteiger partial charge in [0, 0.05) is 0 Å². The SMILES string of the molecule is CCCCCC#C/[C](=C/c1ccccc1)[Sn]([CH2]CCC)([CH2]CCC)[CH2]CCC. The van der Waals surface area contributed by atoms with Crippen molar-refractivity contribution in [2.45, 2.75) is 105 Å². The second-order valence-corrected chi connectivity index (χ2v) is 21.4. The molecule has 0 bridgehead atoms. The molecule has 0 aliphatic heterocycles. The molecule has 0 radical (unpaired) electrons. The van der Waals surface area contributed by atoms with Crippen molar-refractivity contribution in [1.82, 2.24) is 0 Å². The van der Waals surface area contributed by atoms with Crippen molar-refractivity contribution in [1.29, 1.82) is 0 Å². The topological polar surface area (TPSA) is 0 Å². The Morgan fingerprint density at radius 2 is 1.29 bits per heavy atom. The molecule has 0 aliphatic rings. The molecule has 0 aliphatic carbocycles. The number of hydrogen-bond donors (Lipinski definition) is 0. The molecule has 0 heterocycles. The van der Waals surface area contributed by atoms with Crippen LogP contribution in [0.4, 0.5) is 0 Å². The first-order chi connectivity index (χ1) is 13.7. The zero-order chi connectivity index (χ0) is 20.5. The fraction of sp³-hybridized carbons (Fsp3) is 0.630. The van der Waals surface area contributed by atoms with Crippen molar-refractivity contribution in [2.75, 3.05) is 0 Å². The van der Waals surface area contributed by atoms with Crippen molar-refractivity contribution < 1.29 is 0 Å². The summed E-state index contributed by atoms with van der Waals surface area (Å²) in [6, 6.07) is 11.0. The maximum atomic E-state index is 3.80. The van der Waals surface area contributed by atoms with Crippen molar-refractivity contribution >= 4 is 24.5 Å². The van der Waals surface area contributed by atoms with Gasteiger partial charge >= 0.3 is 181 Å². The average Bonchev–Trinajstić information content (AvgIpc) is 2.73. The summed E-state index contributed by atoms with van der Waals surface area (Å²) in [5.41, 5.74) is 1.35. The normalized spacial score (nSPS) is 11.9. The summed E-state index contributed by atoms with van der Waals surface area (Å²) in [4.78, 5) is 0. The Labute approximate surface area is 180 Å². The predicted octanol–water partition coefficient (Wildman–Crippen LogP) is 9.04. The molecule has 0 saturated heterocycles. The molecular formula is C27H44Sn. The zero-order valence-corrected chi connectivity index (χ0v) is 22.0. The summed E-state index contributed by atoms with van der Waals surface area (Å²) in [7, 11) is 0. The molecule has 0 unspecified atom stereocenters. The van der Waals surface area contributed by atoms with E-state index in [0.29, 0.717) is 0 Å². The third-order valence-corrected chi connectivity index (χ3v) is 21.1. The Kier molecular flexibility index (Phi) is 14.6. The number of hydrogen-bond acceptors (Lipinski definition) is 0. The van der Waals surface area contributed by atoms with Gasteiger partial charge in [0.05, 0.1) is 0 Å². The standard InChI is InChI=1S/C15H17.3C4H9.Sn/c1-2-3-4-5-6-7-9-12-15-13-10-8-11-14-15;3*1-3-4-2;/h8,10-14H,2-5H2,1H3;3*1,3-4H2,2H3;. The zero-order valence-electron chi connectivity index (χ0n) is 19.2. The van der Waals surface area contributed by atoms with E-state index in [4.69, 9.17) is 0 Å². The second kappa shape index (κ2) is 16.2. The van der Waals surface area contributed by atoms with Crippen LogP contribution in [0.1, 0.15) is 97.5 Å². The van der Waals surface area contributed by atoms with Gasteiger partial charge in [-0.25, -0.2) is 0 Å². The molecule has 0 fully saturated rings. The molecule has 0 spiro atoms. The van der Waals surface area contributed by atoms with Gasteiger partial charge in [0.25, 0.3) is 0 Å². The van der Waals surface area contributed by atoms with Crippen LogP contribution in [-0.4, -0.2) is 18.4 Å². The van der Waals surface area contributed by atoms with E-state index in [1.165, 1.54) is 76.7 Å². The predicted molar refractivity (Wildman–Crippen MR) is 131 cm³/mol. The molecule has 1 aromatic carbocycles. The van der Waals surface area contributed by atoms with Crippen LogP contribution in [0.2, 0.25) is 13.3 Å². The summed E-state index contributed by atoms with van der Waals surface area (Å²) in [5.74, 6) is 7.41. The van der Waals surface area contributed by atoms with Crippen LogP contribution >= 0.6 is 0 Å². The monoisotopic (exact) mass is 488 g/mol. The summed E-state index contributed by atoms with van der Waals surface area (Å²) < 4.78 is 6.10. The molecular weight excluding hydrogens is 443 g/mol. The third kappa shape index (κ3) is 9.69. The van der Waals surface area contributed by atoms with Crippen molar-refractivity contribution in [3.05, 3.63) is 39.5 Å². The third-order valence-electron chi connectivity index (χ3n) is 5.84. The van der Waals surface area contributed by atoms with Crippen LogP contribution in [0, 0.1) is 11.8 Å². The quantitative estimate of drug-likeness (QED) is 0.140. The van der Waals surface area contributed by atoms with E-state index in [-0.39, 0.29) is 0 Å².